The predicted octanol–water partition coefficient (Wildman–Crippen LogP) is -2.50. The van der Waals surface area contributed by atoms with Gasteiger partial charge in [0.05, 0.1) is 12.8 Å². The molecule has 152 valence electrons. The number of Topliss-reactive ketones (excluding diaryl/α,β-unsaturated/α-hetero) is 4. The van der Waals surface area contributed by atoms with Gasteiger partial charge in [0.2, 0.25) is 11.8 Å². The van der Waals surface area contributed by atoms with Crippen LogP contribution >= 0.6 is 0 Å². The standard InChI is InChI=1S/C18H24N4O6/c19-5-1-3-17(9(23)7-10(17)24)13-15(27)22-14(16(28)21-13)18(4-2-6-20)11(25)8-12(18)26/h13-14H,1-8,19-20H2,(H,21,28)(H,22,27). The van der Waals surface area contributed by atoms with E-state index in [1.807, 2.05) is 0 Å². The summed E-state index contributed by atoms with van der Waals surface area (Å²) in [6, 6.07) is -2.73. The number of carbonyl (C=O) groups excluding carboxylic acids is 6. The summed E-state index contributed by atoms with van der Waals surface area (Å²) < 4.78 is 0. The molecule has 0 aromatic rings. The fraction of sp³-hybridized carbons (Fsp3) is 0.667. The number of piperazine rings is 1. The summed E-state index contributed by atoms with van der Waals surface area (Å²) in [5.74, 6) is -3.17. The molecule has 0 aromatic carbocycles. The third-order valence-electron chi connectivity index (χ3n) is 6.27. The Balaban J connectivity index is 1.88. The van der Waals surface area contributed by atoms with Gasteiger partial charge in [-0.25, -0.2) is 0 Å². The number of hydrogen-bond donors (Lipinski definition) is 4. The van der Waals surface area contributed by atoms with E-state index in [4.69, 9.17) is 11.5 Å². The molecule has 1 saturated heterocycles. The summed E-state index contributed by atoms with van der Waals surface area (Å²) in [6.45, 7) is 0.441. The molecule has 2 unspecified atom stereocenters. The van der Waals surface area contributed by atoms with Gasteiger partial charge in [0, 0.05) is 0 Å². The normalized spacial score (nSPS) is 28.4. The second kappa shape index (κ2) is 7.17. The van der Waals surface area contributed by atoms with Crippen molar-refractivity contribution < 1.29 is 28.8 Å². The molecule has 2 aliphatic carbocycles. The first-order valence-corrected chi connectivity index (χ1v) is 9.39. The van der Waals surface area contributed by atoms with Crippen LogP contribution in [0.15, 0.2) is 0 Å². The Bertz CT molecular complexity index is 684. The fourth-order valence-electron chi connectivity index (χ4n) is 4.55. The van der Waals surface area contributed by atoms with Crippen LogP contribution in [0.25, 0.3) is 0 Å². The maximum absolute atomic E-state index is 12.8. The smallest absolute Gasteiger partial charge is 0.244 e. The number of nitrogens with one attached hydrogen (secondary N) is 2. The Labute approximate surface area is 161 Å². The van der Waals surface area contributed by atoms with Gasteiger partial charge in [-0.1, -0.05) is 0 Å². The summed E-state index contributed by atoms with van der Waals surface area (Å²) in [5.41, 5.74) is 7.72. The number of amides is 2. The van der Waals surface area contributed by atoms with Crippen molar-refractivity contribution >= 4 is 34.9 Å². The van der Waals surface area contributed by atoms with Crippen LogP contribution in [0, 0.1) is 10.8 Å². The molecule has 3 rings (SSSR count). The second-order valence-corrected chi connectivity index (χ2v) is 7.66. The van der Waals surface area contributed by atoms with Crippen LogP contribution in [-0.2, 0) is 28.8 Å². The average molecular weight is 392 g/mol. The largest absolute Gasteiger partial charge is 0.341 e. The highest BCUT2D eigenvalue weighted by Crippen LogP contribution is 2.45. The SMILES string of the molecule is NCCCC1(C2NC(=O)C(C3(CCCN)C(=O)CC3=O)NC2=O)C(=O)CC1=O. The van der Waals surface area contributed by atoms with Crippen LogP contribution in [0.3, 0.4) is 0 Å². The lowest BCUT2D eigenvalue weighted by molar-refractivity contribution is -0.168. The lowest BCUT2D eigenvalue weighted by Crippen LogP contribution is -2.77. The van der Waals surface area contributed by atoms with Gasteiger partial charge in [0.1, 0.15) is 22.9 Å². The molecule has 1 aliphatic heterocycles. The lowest BCUT2D eigenvalue weighted by atomic mass is 9.56. The molecule has 2 amide bonds. The number of carbonyl (C=O) groups is 6. The third kappa shape index (κ3) is 2.62. The predicted molar refractivity (Wildman–Crippen MR) is 94.6 cm³/mol. The second-order valence-electron chi connectivity index (χ2n) is 7.66. The molecule has 2 atom stereocenters. The summed E-state index contributed by atoms with van der Waals surface area (Å²) in [4.78, 5) is 74.8. The van der Waals surface area contributed by atoms with E-state index in [-0.39, 0.29) is 38.8 Å². The maximum atomic E-state index is 12.8. The minimum Gasteiger partial charge on any atom is -0.341 e. The van der Waals surface area contributed by atoms with E-state index in [1.165, 1.54) is 0 Å². The van der Waals surface area contributed by atoms with E-state index >= 15 is 0 Å². The molecule has 3 fully saturated rings. The zero-order chi connectivity index (χ0) is 20.7. The Morgan fingerprint density at radius 2 is 1.00 bits per heavy atom. The number of rotatable bonds is 8. The summed E-state index contributed by atoms with van der Waals surface area (Å²) >= 11 is 0. The van der Waals surface area contributed by atoms with Crippen LogP contribution < -0.4 is 22.1 Å². The molecule has 0 radical (unpaired) electrons. The van der Waals surface area contributed by atoms with Crippen LogP contribution in [0.2, 0.25) is 0 Å². The first kappa shape index (κ1) is 20.3. The van der Waals surface area contributed by atoms with E-state index in [1.54, 1.807) is 0 Å². The Kier molecular flexibility index (Phi) is 5.20. The summed E-state index contributed by atoms with van der Waals surface area (Å²) in [6.07, 6.45) is 0.201. The number of ketones is 4. The Hall–Kier alpha value is -2.46. The molecule has 0 bridgehead atoms. The van der Waals surface area contributed by atoms with Crippen LogP contribution in [0.1, 0.15) is 38.5 Å². The molecule has 2 saturated carbocycles. The molecule has 10 nitrogen and oxygen atoms in total. The zero-order valence-corrected chi connectivity index (χ0v) is 15.4. The van der Waals surface area contributed by atoms with Gasteiger partial charge < -0.3 is 22.1 Å². The topological polar surface area (TPSA) is 179 Å². The maximum Gasteiger partial charge on any atom is 0.244 e. The molecule has 10 heteroatoms. The van der Waals surface area contributed by atoms with Gasteiger partial charge >= 0.3 is 0 Å². The molecule has 0 aromatic heterocycles. The van der Waals surface area contributed by atoms with E-state index in [0.29, 0.717) is 12.8 Å². The molecule has 3 aliphatic rings. The van der Waals surface area contributed by atoms with Gasteiger partial charge in [-0.2, -0.15) is 0 Å². The van der Waals surface area contributed by atoms with Gasteiger partial charge in [-0.15, -0.1) is 0 Å². The van der Waals surface area contributed by atoms with Crippen LogP contribution in [0.4, 0.5) is 0 Å². The summed E-state index contributed by atoms with van der Waals surface area (Å²) in [7, 11) is 0. The number of hydrogen-bond acceptors (Lipinski definition) is 8. The van der Waals surface area contributed by atoms with Crippen molar-refractivity contribution in [3.05, 3.63) is 0 Å². The lowest BCUT2D eigenvalue weighted by Gasteiger charge is -2.50. The zero-order valence-electron chi connectivity index (χ0n) is 15.4. The molecule has 1 heterocycles. The first-order valence-electron chi connectivity index (χ1n) is 9.39. The van der Waals surface area contributed by atoms with Crippen molar-refractivity contribution in [2.45, 2.75) is 50.6 Å². The van der Waals surface area contributed by atoms with Crippen molar-refractivity contribution in [1.29, 1.82) is 0 Å². The summed E-state index contributed by atoms with van der Waals surface area (Å²) in [5, 5.41) is 4.90. The monoisotopic (exact) mass is 392 g/mol. The van der Waals surface area contributed by atoms with E-state index in [2.05, 4.69) is 10.6 Å². The highest BCUT2D eigenvalue weighted by Gasteiger charge is 2.67. The van der Waals surface area contributed by atoms with Crippen molar-refractivity contribution in [1.82, 2.24) is 10.6 Å². The van der Waals surface area contributed by atoms with E-state index in [0.717, 1.165) is 0 Å². The minimum atomic E-state index is -1.62. The van der Waals surface area contributed by atoms with Crippen molar-refractivity contribution in [2.24, 2.45) is 22.3 Å². The highest BCUT2D eigenvalue weighted by atomic mass is 16.2. The third-order valence-corrected chi connectivity index (χ3v) is 6.27. The average Bonchev–Trinajstić information content (AvgIpc) is 2.65. The quantitative estimate of drug-likeness (QED) is 0.327. The van der Waals surface area contributed by atoms with Gasteiger partial charge in [-0.3, -0.25) is 28.8 Å². The van der Waals surface area contributed by atoms with Gasteiger partial charge in [0.25, 0.3) is 0 Å². The molecular formula is C18H24N4O6. The first-order chi connectivity index (χ1) is 13.3. The van der Waals surface area contributed by atoms with Crippen molar-refractivity contribution in [3.63, 3.8) is 0 Å². The highest BCUT2D eigenvalue weighted by molar-refractivity contribution is 6.30. The van der Waals surface area contributed by atoms with E-state index < -0.39 is 57.9 Å². The minimum absolute atomic E-state index is 0.0559. The Morgan fingerprint density at radius 1 is 0.679 bits per heavy atom. The molecular weight excluding hydrogens is 368 g/mol. The molecule has 6 N–H and O–H groups in total. The van der Waals surface area contributed by atoms with Gasteiger partial charge in [-0.05, 0) is 38.8 Å². The van der Waals surface area contributed by atoms with Crippen LogP contribution in [0.5, 0.6) is 0 Å². The molecule has 0 spiro atoms. The van der Waals surface area contributed by atoms with Crippen molar-refractivity contribution in [2.75, 3.05) is 13.1 Å². The number of nitrogens with two attached hydrogens (primary N) is 2. The van der Waals surface area contributed by atoms with E-state index in [9.17, 15) is 28.8 Å². The Morgan fingerprint density at radius 3 is 1.25 bits per heavy atom. The van der Waals surface area contributed by atoms with Crippen LogP contribution in [-0.4, -0.2) is 60.1 Å². The molecule has 28 heavy (non-hydrogen) atoms. The fourth-order valence-corrected chi connectivity index (χ4v) is 4.55. The van der Waals surface area contributed by atoms with Crippen molar-refractivity contribution in [3.8, 4) is 0 Å². The van der Waals surface area contributed by atoms with Gasteiger partial charge in [0.15, 0.2) is 23.1 Å².